The van der Waals surface area contributed by atoms with Crippen molar-refractivity contribution in [3.63, 3.8) is 0 Å². The predicted molar refractivity (Wildman–Crippen MR) is 90.3 cm³/mol. The first-order chi connectivity index (χ1) is 11.0. The average Bonchev–Trinajstić information content (AvgIpc) is 2.55. The van der Waals surface area contributed by atoms with Crippen molar-refractivity contribution in [2.45, 2.75) is 32.4 Å². The summed E-state index contributed by atoms with van der Waals surface area (Å²) in [5.74, 6) is 0. The Labute approximate surface area is 136 Å². The van der Waals surface area contributed by atoms with E-state index < -0.39 is 0 Å². The fourth-order valence-electron chi connectivity index (χ4n) is 2.86. The number of benzene rings is 2. The predicted octanol–water partition coefficient (Wildman–Crippen LogP) is 3.68. The molecule has 5 heteroatoms. The number of nitro benzene ring substituents is 1. The van der Waals surface area contributed by atoms with Crippen molar-refractivity contribution in [2.75, 3.05) is 6.61 Å². The van der Waals surface area contributed by atoms with Gasteiger partial charge in [0.25, 0.3) is 5.69 Å². The number of nitro groups is 1. The first kappa shape index (κ1) is 17.1. The summed E-state index contributed by atoms with van der Waals surface area (Å²) in [6, 6.07) is 15.0. The molecule has 0 bridgehead atoms. The molecule has 0 fully saturated rings. The van der Waals surface area contributed by atoms with Gasteiger partial charge in [-0.2, -0.15) is 0 Å². The summed E-state index contributed by atoms with van der Waals surface area (Å²) in [5, 5.41) is 23.9. The standard InChI is InChI=1S/C18H22N2O3/c1-13-16(9-6-10-18(13)20(22)23)14(2)19-17(11-12-21)15-7-4-3-5-8-15/h3-10,14,17,19,21H,11-12H2,1-2H3/t14-,17-/m1/s1. The molecule has 2 aromatic rings. The van der Waals surface area contributed by atoms with Crippen LogP contribution < -0.4 is 5.32 Å². The molecule has 0 aliphatic rings. The third-order valence-corrected chi connectivity index (χ3v) is 4.08. The highest BCUT2D eigenvalue weighted by Crippen LogP contribution is 2.28. The molecule has 5 nitrogen and oxygen atoms in total. The van der Waals surface area contributed by atoms with Gasteiger partial charge in [0, 0.05) is 30.3 Å². The van der Waals surface area contributed by atoms with Crippen molar-refractivity contribution in [1.82, 2.24) is 5.32 Å². The fraction of sp³-hybridized carbons (Fsp3) is 0.333. The minimum absolute atomic E-state index is 0.00476. The zero-order valence-corrected chi connectivity index (χ0v) is 13.4. The first-order valence-corrected chi connectivity index (χ1v) is 7.70. The van der Waals surface area contributed by atoms with Gasteiger partial charge in [0.15, 0.2) is 0 Å². The van der Waals surface area contributed by atoms with Crippen LogP contribution in [0.25, 0.3) is 0 Å². The Bertz CT molecular complexity index is 659. The van der Waals surface area contributed by atoms with Crippen LogP contribution in [0.1, 0.15) is 42.1 Å². The molecule has 0 aliphatic heterocycles. The molecule has 0 aromatic heterocycles. The van der Waals surface area contributed by atoms with Gasteiger partial charge in [-0.1, -0.05) is 42.5 Å². The molecule has 0 unspecified atom stereocenters. The zero-order valence-electron chi connectivity index (χ0n) is 13.4. The van der Waals surface area contributed by atoms with Crippen molar-refractivity contribution in [2.24, 2.45) is 0 Å². The molecule has 23 heavy (non-hydrogen) atoms. The molecule has 2 atom stereocenters. The molecular weight excluding hydrogens is 292 g/mol. The van der Waals surface area contributed by atoms with Crippen LogP contribution >= 0.6 is 0 Å². The topological polar surface area (TPSA) is 75.4 Å². The first-order valence-electron chi connectivity index (χ1n) is 7.70. The summed E-state index contributed by atoms with van der Waals surface area (Å²) in [6.07, 6.45) is 0.586. The fourth-order valence-corrected chi connectivity index (χ4v) is 2.86. The van der Waals surface area contributed by atoms with Gasteiger partial charge < -0.3 is 10.4 Å². The molecular formula is C18H22N2O3. The Morgan fingerprint density at radius 2 is 1.87 bits per heavy atom. The van der Waals surface area contributed by atoms with E-state index in [1.165, 1.54) is 6.07 Å². The van der Waals surface area contributed by atoms with Crippen LogP contribution in [-0.2, 0) is 0 Å². The number of hydrogen-bond acceptors (Lipinski definition) is 4. The molecule has 2 aromatic carbocycles. The van der Waals surface area contributed by atoms with Crippen molar-refractivity contribution in [3.8, 4) is 0 Å². The van der Waals surface area contributed by atoms with E-state index in [0.717, 1.165) is 11.1 Å². The van der Waals surface area contributed by atoms with Crippen molar-refractivity contribution >= 4 is 5.69 Å². The Kier molecular flexibility index (Phi) is 5.84. The van der Waals surface area contributed by atoms with Gasteiger partial charge in [-0.05, 0) is 31.4 Å². The summed E-state index contributed by atoms with van der Waals surface area (Å²) in [7, 11) is 0. The minimum Gasteiger partial charge on any atom is -0.396 e. The lowest BCUT2D eigenvalue weighted by Crippen LogP contribution is -2.26. The smallest absolute Gasteiger partial charge is 0.272 e. The third-order valence-electron chi connectivity index (χ3n) is 4.08. The highest BCUT2D eigenvalue weighted by molar-refractivity contribution is 5.45. The molecule has 122 valence electrons. The summed E-state index contributed by atoms with van der Waals surface area (Å²) in [6.45, 7) is 3.84. The second-order valence-corrected chi connectivity index (χ2v) is 5.61. The zero-order chi connectivity index (χ0) is 16.8. The average molecular weight is 314 g/mol. The number of rotatable bonds is 7. The SMILES string of the molecule is Cc1c([C@@H](C)N[C@H](CCO)c2ccccc2)cccc1[N+](=O)[O-]. The molecule has 2 N–H and O–H groups in total. The van der Waals surface area contributed by atoms with Crippen LogP contribution in [0.4, 0.5) is 5.69 Å². The van der Waals surface area contributed by atoms with E-state index in [4.69, 9.17) is 0 Å². The number of aliphatic hydroxyl groups excluding tert-OH is 1. The largest absolute Gasteiger partial charge is 0.396 e. The van der Waals surface area contributed by atoms with Crippen molar-refractivity contribution in [1.29, 1.82) is 0 Å². The molecule has 0 heterocycles. The lowest BCUT2D eigenvalue weighted by Gasteiger charge is -2.24. The van der Waals surface area contributed by atoms with E-state index >= 15 is 0 Å². The third kappa shape index (κ3) is 4.15. The van der Waals surface area contributed by atoms with Crippen molar-refractivity contribution in [3.05, 3.63) is 75.3 Å². The van der Waals surface area contributed by atoms with Crippen LogP contribution in [-0.4, -0.2) is 16.6 Å². The molecule has 0 amide bonds. The Balaban J connectivity index is 2.24. The molecule has 0 saturated carbocycles. The number of nitrogens with one attached hydrogen (secondary N) is 1. The van der Waals surface area contributed by atoms with Gasteiger partial charge >= 0.3 is 0 Å². The van der Waals surface area contributed by atoms with Crippen LogP contribution in [0.3, 0.4) is 0 Å². The van der Waals surface area contributed by atoms with Gasteiger partial charge in [-0.15, -0.1) is 0 Å². The maximum absolute atomic E-state index is 11.1. The molecule has 2 rings (SSSR count). The van der Waals surface area contributed by atoms with Gasteiger partial charge in [0.05, 0.1) is 4.92 Å². The van der Waals surface area contributed by atoms with E-state index in [9.17, 15) is 15.2 Å². The Morgan fingerprint density at radius 3 is 2.48 bits per heavy atom. The summed E-state index contributed by atoms with van der Waals surface area (Å²) >= 11 is 0. The maximum Gasteiger partial charge on any atom is 0.272 e. The van der Waals surface area contributed by atoms with E-state index in [1.807, 2.05) is 43.3 Å². The van der Waals surface area contributed by atoms with Crippen LogP contribution in [0.2, 0.25) is 0 Å². The number of hydrogen-bond donors (Lipinski definition) is 2. The van der Waals surface area contributed by atoms with E-state index in [-0.39, 0.29) is 29.3 Å². The van der Waals surface area contributed by atoms with Gasteiger partial charge in [0.1, 0.15) is 0 Å². The summed E-state index contributed by atoms with van der Waals surface area (Å²) < 4.78 is 0. The number of nitrogens with zero attached hydrogens (tertiary/aromatic N) is 1. The quantitative estimate of drug-likeness (QED) is 0.604. The molecule has 0 saturated heterocycles. The van der Waals surface area contributed by atoms with Gasteiger partial charge in [-0.3, -0.25) is 10.1 Å². The lowest BCUT2D eigenvalue weighted by atomic mass is 9.97. The molecule has 0 spiro atoms. The molecule has 0 radical (unpaired) electrons. The minimum atomic E-state index is -0.353. The second-order valence-electron chi connectivity index (χ2n) is 5.61. The summed E-state index contributed by atoms with van der Waals surface area (Å²) in [4.78, 5) is 10.7. The van der Waals surface area contributed by atoms with Gasteiger partial charge in [-0.25, -0.2) is 0 Å². The van der Waals surface area contributed by atoms with Gasteiger partial charge in [0.2, 0.25) is 0 Å². The summed E-state index contributed by atoms with van der Waals surface area (Å²) in [5.41, 5.74) is 2.80. The van der Waals surface area contributed by atoms with Crippen LogP contribution in [0.15, 0.2) is 48.5 Å². The Morgan fingerprint density at radius 1 is 1.17 bits per heavy atom. The maximum atomic E-state index is 11.1. The molecule has 0 aliphatic carbocycles. The van der Waals surface area contributed by atoms with E-state index in [0.29, 0.717) is 12.0 Å². The lowest BCUT2D eigenvalue weighted by molar-refractivity contribution is -0.385. The van der Waals surface area contributed by atoms with E-state index in [2.05, 4.69) is 5.32 Å². The van der Waals surface area contributed by atoms with E-state index in [1.54, 1.807) is 13.0 Å². The van der Waals surface area contributed by atoms with Crippen molar-refractivity contribution < 1.29 is 10.0 Å². The second kappa shape index (κ2) is 7.85. The van der Waals surface area contributed by atoms with Crippen LogP contribution in [0, 0.1) is 17.0 Å². The normalized spacial score (nSPS) is 13.5. The Hall–Kier alpha value is -2.24. The number of aliphatic hydroxyl groups is 1. The van der Waals surface area contributed by atoms with Crippen LogP contribution in [0.5, 0.6) is 0 Å². The highest BCUT2D eigenvalue weighted by atomic mass is 16.6. The monoisotopic (exact) mass is 314 g/mol. The highest BCUT2D eigenvalue weighted by Gasteiger charge is 2.20.